The minimum atomic E-state index is 0. The molecule has 0 heterocycles. The number of rotatable bonds is 0. The first-order valence-corrected chi connectivity index (χ1v) is 0.612. The van der Waals surface area contributed by atoms with Crippen molar-refractivity contribution < 1.29 is 31.3 Å². The normalized spacial score (nSPS) is 0.857. The van der Waals surface area contributed by atoms with E-state index in [0.29, 0.717) is 0 Å². The van der Waals surface area contributed by atoms with E-state index in [0.717, 1.165) is 0 Å². The zero-order chi connectivity index (χ0) is 6.00. The molecule has 7 heavy (non-hydrogen) atoms. The molecule has 0 rings (SSSR count). The van der Waals surface area contributed by atoms with Crippen LogP contribution in [0.3, 0.4) is 0 Å². The van der Waals surface area contributed by atoms with Crippen molar-refractivity contribution in [2.75, 3.05) is 0 Å². The van der Waals surface area contributed by atoms with Gasteiger partial charge in [0.15, 0.2) is 0 Å². The van der Waals surface area contributed by atoms with Crippen LogP contribution in [0.4, 0.5) is 0 Å². The molecule has 0 aromatic heterocycles. The van der Waals surface area contributed by atoms with Crippen LogP contribution in [-0.4, -0.2) is 0 Å². The average molecular weight is 136 g/mol. The molecule has 0 amide bonds. The van der Waals surface area contributed by atoms with Crippen LogP contribution in [0, 0.1) is 20.0 Å². The first kappa shape index (κ1) is 29.5. The topological polar surface area (TPSA) is 59.7 Å². The summed E-state index contributed by atoms with van der Waals surface area (Å²) in [7, 11) is 0. The van der Waals surface area contributed by atoms with E-state index in [-0.39, 0.29) is 17.4 Å². The summed E-state index contributed by atoms with van der Waals surface area (Å²) in [5.41, 5.74) is 0. The second kappa shape index (κ2) is 2120. The van der Waals surface area contributed by atoms with Gasteiger partial charge in [0.05, 0.1) is 0 Å². The Bertz CT molecular complexity index is 38.7. The van der Waals surface area contributed by atoms with Crippen LogP contribution >= 0.6 is 0 Å². The Kier molecular flexibility index (Phi) is 8930. The summed E-state index contributed by atoms with van der Waals surface area (Å²) < 4.78 is 22.5. The summed E-state index contributed by atoms with van der Waals surface area (Å²) in [6.45, 7) is 13.5. The van der Waals surface area contributed by atoms with E-state index in [2.05, 4.69) is 20.0 Å². The molecule has 32 valence electrons. The van der Waals surface area contributed by atoms with Gasteiger partial charge in [-0.25, -0.2) is 0 Å². The average Bonchev–Trinajstić information content (AvgIpc) is 1.81. The van der Waals surface area contributed by atoms with Crippen molar-refractivity contribution >= 4 is 0 Å². The van der Waals surface area contributed by atoms with Gasteiger partial charge in [0, 0.05) is 0 Å². The Morgan fingerprint density at radius 2 is 0.571 bits per heavy atom. The molecule has 0 aliphatic rings. The van der Waals surface area contributed by atoms with Gasteiger partial charge in [-0.05, 0) is 0 Å². The Hall–Kier alpha value is -0.248. The van der Waals surface area contributed by atoms with Gasteiger partial charge >= 0.3 is 51.3 Å². The van der Waals surface area contributed by atoms with Crippen molar-refractivity contribution in [3.05, 3.63) is 20.0 Å². The van der Waals surface area contributed by atoms with Crippen molar-refractivity contribution in [3.63, 3.8) is 0 Å². The Balaban J connectivity index is -0.00000000900. The molecule has 0 aromatic carbocycles. The smallest absolute Gasteiger partial charge is 4.00 e. The van der Waals surface area contributed by atoms with Gasteiger partial charge in [-0.3, -0.25) is 0 Å². The van der Waals surface area contributed by atoms with Gasteiger partial charge in [-0.2, -0.15) is 0 Å². The molecular weight excluding hydrogens is 136 g/mol. The molecular formula is C3CrO3+4. The maximum absolute atomic E-state index is 7.50. The number of hydrogen-bond donors (Lipinski definition) is 0. The van der Waals surface area contributed by atoms with E-state index in [4.69, 9.17) is 14.0 Å². The molecule has 0 unspecified atom stereocenters. The second-order valence-corrected chi connectivity index (χ2v) is 0. The van der Waals surface area contributed by atoms with Crippen LogP contribution in [0.5, 0.6) is 0 Å². The summed E-state index contributed by atoms with van der Waals surface area (Å²) in [5, 5.41) is 0. The van der Waals surface area contributed by atoms with E-state index >= 15 is 0 Å². The SMILES string of the molecule is [C-]#[O+].[C-]#[O+].[C-]#[O+].[Cr+4]. The zero-order valence-corrected chi connectivity index (χ0v) is 4.41. The van der Waals surface area contributed by atoms with Crippen molar-refractivity contribution in [1.29, 1.82) is 0 Å². The fraction of sp³-hybridized carbons (Fsp3) is 0. The summed E-state index contributed by atoms with van der Waals surface area (Å²) in [6.07, 6.45) is 0. The molecule has 0 aliphatic heterocycles. The van der Waals surface area contributed by atoms with Gasteiger partial charge in [-0.1, -0.05) is 0 Å². The second-order valence-electron chi connectivity index (χ2n) is 0. The van der Waals surface area contributed by atoms with Crippen LogP contribution in [-0.2, 0) is 31.3 Å². The minimum absolute atomic E-state index is 0. The van der Waals surface area contributed by atoms with Crippen molar-refractivity contribution in [3.8, 4) is 0 Å². The molecule has 0 aliphatic carbocycles. The maximum Gasteiger partial charge on any atom is 4.00 e. The van der Waals surface area contributed by atoms with Crippen LogP contribution in [0.2, 0.25) is 0 Å². The quantitative estimate of drug-likeness (QED) is 0.329. The van der Waals surface area contributed by atoms with Gasteiger partial charge in [-0.15, -0.1) is 0 Å². The summed E-state index contributed by atoms with van der Waals surface area (Å²) >= 11 is 0. The van der Waals surface area contributed by atoms with Crippen molar-refractivity contribution in [2.24, 2.45) is 0 Å². The van der Waals surface area contributed by atoms with Gasteiger partial charge < -0.3 is 0 Å². The molecule has 3 nitrogen and oxygen atoms in total. The predicted molar refractivity (Wildman–Crippen MR) is 11.8 cm³/mol. The van der Waals surface area contributed by atoms with Crippen LogP contribution in [0.1, 0.15) is 0 Å². The molecule has 0 radical (unpaired) electrons. The molecule has 0 aromatic rings. The standard InChI is InChI=1S/3CO.Cr/c3*1-2;/q;;;+4. The molecule has 0 bridgehead atoms. The van der Waals surface area contributed by atoms with E-state index in [1.165, 1.54) is 0 Å². The molecule has 0 fully saturated rings. The van der Waals surface area contributed by atoms with Crippen LogP contribution < -0.4 is 0 Å². The van der Waals surface area contributed by atoms with Gasteiger partial charge in [0.2, 0.25) is 0 Å². The maximum atomic E-state index is 7.50. The predicted octanol–water partition coefficient (Wildman–Crippen LogP) is -0.115. The molecule has 0 atom stereocenters. The molecule has 0 N–H and O–H groups in total. The van der Waals surface area contributed by atoms with E-state index in [1.54, 1.807) is 0 Å². The third-order valence-corrected chi connectivity index (χ3v) is 0. The summed E-state index contributed by atoms with van der Waals surface area (Å²) in [6, 6.07) is 0. The Labute approximate surface area is 52.0 Å². The fourth-order valence-electron chi connectivity index (χ4n) is 0. The Morgan fingerprint density at radius 3 is 0.571 bits per heavy atom. The van der Waals surface area contributed by atoms with E-state index < -0.39 is 0 Å². The van der Waals surface area contributed by atoms with E-state index in [9.17, 15) is 0 Å². The fourth-order valence-corrected chi connectivity index (χ4v) is 0. The molecule has 0 spiro atoms. The van der Waals surface area contributed by atoms with Crippen LogP contribution in [0.25, 0.3) is 0 Å². The third-order valence-electron chi connectivity index (χ3n) is 0. The number of hydrogen-bond acceptors (Lipinski definition) is 0. The first-order valence-electron chi connectivity index (χ1n) is 0.612. The van der Waals surface area contributed by atoms with Gasteiger partial charge in [0.25, 0.3) is 0 Å². The summed E-state index contributed by atoms with van der Waals surface area (Å²) in [4.78, 5) is 0. The van der Waals surface area contributed by atoms with Crippen molar-refractivity contribution in [2.45, 2.75) is 0 Å². The van der Waals surface area contributed by atoms with E-state index in [1.807, 2.05) is 0 Å². The van der Waals surface area contributed by atoms with Gasteiger partial charge in [0.1, 0.15) is 0 Å². The molecule has 0 saturated heterocycles. The monoisotopic (exact) mass is 136 g/mol. The van der Waals surface area contributed by atoms with Crippen molar-refractivity contribution in [1.82, 2.24) is 0 Å². The zero-order valence-electron chi connectivity index (χ0n) is 3.13. The minimum Gasteiger partial charge on any atom is 4.00 e. The largest absolute Gasteiger partial charge is 4.00 e. The molecule has 0 saturated carbocycles. The first-order chi connectivity index (χ1) is 3.00. The molecule has 4 heteroatoms. The third kappa shape index (κ3) is 1320. The van der Waals surface area contributed by atoms with Crippen LogP contribution in [0.15, 0.2) is 0 Å². The summed E-state index contributed by atoms with van der Waals surface area (Å²) in [5.74, 6) is 0. The Morgan fingerprint density at radius 1 is 0.571 bits per heavy atom.